The number of aryl methyl sites for hydroxylation is 1. The topological polar surface area (TPSA) is 15.3 Å². The van der Waals surface area contributed by atoms with Gasteiger partial charge in [0.15, 0.2) is 0 Å². The first-order valence-electron chi connectivity index (χ1n) is 7.25. The van der Waals surface area contributed by atoms with Crippen LogP contribution in [-0.4, -0.2) is 14.1 Å². The molecule has 1 atom stereocenters. The van der Waals surface area contributed by atoms with E-state index in [4.69, 9.17) is 0 Å². The fraction of sp³-hybridized carbons (Fsp3) is 0.333. The highest BCUT2D eigenvalue weighted by Crippen LogP contribution is 2.28. The van der Waals surface area contributed by atoms with E-state index in [-0.39, 0.29) is 0 Å². The van der Waals surface area contributed by atoms with E-state index in [1.165, 1.54) is 22.4 Å². The standard InChI is InChI=1S/C18H23BrN2/c1-13-7-5-6-8-15(13)12-21(4)16-9-10-17(14(2)20-3)18(19)11-16/h5-11,14,20H,12H2,1-4H3. The molecule has 0 aromatic heterocycles. The molecule has 0 radical (unpaired) electrons. The lowest BCUT2D eigenvalue weighted by Crippen LogP contribution is -2.18. The van der Waals surface area contributed by atoms with Crippen LogP contribution in [0.2, 0.25) is 0 Å². The molecule has 0 aliphatic carbocycles. The van der Waals surface area contributed by atoms with Gasteiger partial charge < -0.3 is 10.2 Å². The maximum absolute atomic E-state index is 3.69. The van der Waals surface area contributed by atoms with Crippen molar-refractivity contribution < 1.29 is 0 Å². The Labute approximate surface area is 136 Å². The predicted octanol–water partition coefficient (Wildman–Crippen LogP) is 4.67. The van der Waals surface area contributed by atoms with Crippen molar-refractivity contribution in [2.24, 2.45) is 0 Å². The zero-order valence-corrected chi connectivity index (χ0v) is 14.7. The van der Waals surface area contributed by atoms with Crippen LogP contribution in [0.5, 0.6) is 0 Å². The summed E-state index contributed by atoms with van der Waals surface area (Å²) in [4.78, 5) is 2.28. The summed E-state index contributed by atoms with van der Waals surface area (Å²) in [5.74, 6) is 0. The molecule has 2 nitrogen and oxygen atoms in total. The quantitative estimate of drug-likeness (QED) is 0.845. The molecule has 2 aromatic carbocycles. The Bertz CT molecular complexity index is 610. The molecule has 0 amide bonds. The number of halogens is 1. The third-order valence-electron chi connectivity index (χ3n) is 3.99. The molecular weight excluding hydrogens is 324 g/mol. The number of nitrogens with one attached hydrogen (secondary N) is 1. The lowest BCUT2D eigenvalue weighted by Gasteiger charge is -2.22. The minimum absolute atomic E-state index is 0.343. The van der Waals surface area contributed by atoms with E-state index in [9.17, 15) is 0 Å². The van der Waals surface area contributed by atoms with Crippen LogP contribution in [0.15, 0.2) is 46.9 Å². The second-order valence-corrected chi connectivity index (χ2v) is 6.35. The predicted molar refractivity (Wildman–Crippen MR) is 94.9 cm³/mol. The summed E-state index contributed by atoms with van der Waals surface area (Å²) >= 11 is 3.69. The van der Waals surface area contributed by atoms with Crippen molar-refractivity contribution in [3.8, 4) is 0 Å². The fourth-order valence-corrected chi connectivity index (χ4v) is 3.10. The van der Waals surface area contributed by atoms with Gasteiger partial charge in [-0.3, -0.25) is 0 Å². The van der Waals surface area contributed by atoms with Crippen LogP contribution in [0.4, 0.5) is 5.69 Å². The Kier molecular flexibility index (Phi) is 5.43. The zero-order chi connectivity index (χ0) is 15.4. The number of anilines is 1. The van der Waals surface area contributed by atoms with Gasteiger partial charge in [0.25, 0.3) is 0 Å². The van der Waals surface area contributed by atoms with Crippen LogP contribution in [0.1, 0.15) is 29.7 Å². The van der Waals surface area contributed by atoms with Gasteiger partial charge in [-0.15, -0.1) is 0 Å². The largest absolute Gasteiger partial charge is 0.370 e. The molecule has 3 heteroatoms. The summed E-state index contributed by atoms with van der Waals surface area (Å²) in [6, 6.07) is 15.5. The molecule has 0 saturated heterocycles. The third-order valence-corrected chi connectivity index (χ3v) is 4.68. The smallest absolute Gasteiger partial charge is 0.0428 e. The lowest BCUT2D eigenvalue weighted by atomic mass is 10.1. The molecule has 0 heterocycles. The van der Waals surface area contributed by atoms with Gasteiger partial charge in [0.1, 0.15) is 0 Å². The van der Waals surface area contributed by atoms with Crippen LogP contribution in [0, 0.1) is 6.92 Å². The molecule has 0 bridgehead atoms. The number of hydrogen-bond acceptors (Lipinski definition) is 2. The first-order chi connectivity index (χ1) is 10.0. The van der Waals surface area contributed by atoms with Gasteiger partial charge in [-0.05, 0) is 49.7 Å². The Hall–Kier alpha value is -1.32. The van der Waals surface area contributed by atoms with Crippen molar-refractivity contribution in [3.05, 3.63) is 63.6 Å². The normalized spacial score (nSPS) is 12.2. The summed E-state index contributed by atoms with van der Waals surface area (Å²) in [6.45, 7) is 5.24. The molecule has 1 N–H and O–H groups in total. The summed E-state index contributed by atoms with van der Waals surface area (Å²) in [7, 11) is 4.12. The van der Waals surface area contributed by atoms with Gasteiger partial charge in [0.2, 0.25) is 0 Å². The van der Waals surface area contributed by atoms with Gasteiger partial charge in [-0.2, -0.15) is 0 Å². The maximum Gasteiger partial charge on any atom is 0.0428 e. The van der Waals surface area contributed by atoms with E-state index in [0.717, 1.165) is 11.0 Å². The molecule has 1 unspecified atom stereocenters. The first kappa shape index (κ1) is 16.1. The van der Waals surface area contributed by atoms with Gasteiger partial charge >= 0.3 is 0 Å². The zero-order valence-electron chi connectivity index (χ0n) is 13.2. The average molecular weight is 347 g/mol. The lowest BCUT2D eigenvalue weighted by molar-refractivity contribution is 0.649. The first-order valence-corrected chi connectivity index (χ1v) is 8.04. The Balaban J connectivity index is 2.18. The van der Waals surface area contributed by atoms with Crippen molar-refractivity contribution in [1.82, 2.24) is 5.32 Å². The van der Waals surface area contributed by atoms with Crippen LogP contribution in [-0.2, 0) is 6.54 Å². The molecular formula is C18H23BrN2. The minimum atomic E-state index is 0.343. The molecule has 2 aromatic rings. The number of benzene rings is 2. The molecule has 2 rings (SSSR count). The number of nitrogens with zero attached hydrogens (tertiary/aromatic N) is 1. The van der Waals surface area contributed by atoms with Crippen LogP contribution < -0.4 is 10.2 Å². The fourth-order valence-electron chi connectivity index (χ4n) is 2.39. The van der Waals surface area contributed by atoms with Crippen molar-refractivity contribution in [2.75, 3.05) is 19.0 Å². The Morgan fingerprint density at radius 2 is 1.90 bits per heavy atom. The van der Waals surface area contributed by atoms with E-state index in [1.54, 1.807) is 0 Å². The van der Waals surface area contributed by atoms with Crippen molar-refractivity contribution >= 4 is 21.6 Å². The number of hydrogen-bond donors (Lipinski definition) is 1. The van der Waals surface area contributed by atoms with E-state index in [2.05, 4.69) is 89.5 Å². The van der Waals surface area contributed by atoms with Crippen molar-refractivity contribution in [2.45, 2.75) is 26.4 Å². The molecule has 0 aliphatic rings. The van der Waals surface area contributed by atoms with Gasteiger partial charge in [0, 0.05) is 29.8 Å². The van der Waals surface area contributed by atoms with Gasteiger partial charge in [-0.25, -0.2) is 0 Å². The van der Waals surface area contributed by atoms with Crippen molar-refractivity contribution in [1.29, 1.82) is 0 Å². The van der Waals surface area contributed by atoms with Gasteiger partial charge in [-0.1, -0.05) is 46.3 Å². The number of rotatable bonds is 5. The average Bonchev–Trinajstić information content (AvgIpc) is 2.48. The third kappa shape index (κ3) is 3.86. The van der Waals surface area contributed by atoms with E-state index < -0.39 is 0 Å². The highest BCUT2D eigenvalue weighted by Gasteiger charge is 2.10. The molecule has 0 spiro atoms. The second-order valence-electron chi connectivity index (χ2n) is 5.50. The summed E-state index contributed by atoms with van der Waals surface area (Å²) in [5.41, 5.74) is 5.20. The summed E-state index contributed by atoms with van der Waals surface area (Å²) in [5, 5.41) is 3.27. The van der Waals surface area contributed by atoms with E-state index >= 15 is 0 Å². The summed E-state index contributed by atoms with van der Waals surface area (Å²) in [6.07, 6.45) is 0. The Morgan fingerprint density at radius 3 is 2.52 bits per heavy atom. The maximum atomic E-state index is 3.69. The molecule has 21 heavy (non-hydrogen) atoms. The monoisotopic (exact) mass is 346 g/mol. The van der Waals surface area contributed by atoms with Gasteiger partial charge in [0.05, 0.1) is 0 Å². The second kappa shape index (κ2) is 7.10. The van der Waals surface area contributed by atoms with Crippen molar-refractivity contribution in [3.63, 3.8) is 0 Å². The van der Waals surface area contributed by atoms with Crippen LogP contribution >= 0.6 is 15.9 Å². The summed E-state index contributed by atoms with van der Waals surface area (Å²) < 4.78 is 1.15. The van der Waals surface area contributed by atoms with Crippen LogP contribution in [0.25, 0.3) is 0 Å². The minimum Gasteiger partial charge on any atom is -0.370 e. The SMILES string of the molecule is CNC(C)c1ccc(N(C)Cc2ccccc2C)cc1Br. The molecule has 0 aliphatic heterocycles. The molecule has 0 saturated carbocycles. The van der Waals surface area contributed by atoms with Crippen LogP contribution in [0.3, 0.4) is 0 Å². The molecule has 112 valence electrons. The highest BCUT2D eigenvalue weighted by molar-refractivity contribution is 9.10. The van der Waals surface area contributed by atoms with E-state index in [1.807, 2.05) is 7.05 Å². The Morgan fingerprint density at radius 1 is 1.19 bits per heavy atom. The molecule has 0 fully saturated rings. The van der Waals surface area contributed by atoms with E-state index in [0.29, 0.717) is 6.04 Å². The highest BCUT2D eigenvalue weighted by atomic mass is 79.9.